The van der Waals surface area contributed by atoms with Crippen LogP contribution in [0, 0.1) is 13.8 Å². The van der Waals surface area contributed by atoms with E-state index in [0.29, 0.717) is 37.6 Å². The third-order valence-electron chi connectivity index (χ3n) is 6.11. The van der Waals surface area contributed by atoms with E-state index in [4.69, 9.17) is 9.47 Å². The van der Waals surface area contributed by atoms with E-state index < -0.39 is 0 Å². The number of hydrogen-bond donors (Lipinski definition) is 1. The molecule has 1 N–H and O–H groups in total. The van der Waals surface area contributed by atoms with Crippen molar-refractivity contribution in [3.05, 3.63) is 75.5 Å². The van der Waals surface area contributed by atoms with Gasteiger partial charge in [-0.15, -0.1) is 11.3 Å². The van der Waals surface area contributed by atoms with E-state index >= 15 is 0 Å². The van der Waals surface area contributed by atoms with Crippen LogP contribution in [0.5, 0.6) is 11.5 Å². The van der Waals surface area contributed by atoms with Gasteiger partial charge in [0.25, 0.3) is 0 Å². The summed E-state index contributed by atoms with van der Waals surface area (Å²) in [5.74, 6) is 1.25. The second kappa shape index (κ2) is 13.7. The number of nitrogens with zero attached hydrogens (tertiary/aromatic N) is 2. The Kier molecular flexibility index (Phi) is 10.4. The van der Waals surface area contributed by atoms with Crippen molar-refractivity contribution < 1.29 is 19.1 Å². The number of amides is 3. The van der Waals surface area contributed by atoms with Crippen molar-refractivity contribution in [2.75, 3.05) is 39.2 Å². The molecule has 7 nitrogen and oxygen atoms in total. The van der Waals surface area contributed by atoms with Crippen LogP contribution in [0.2, 0.25) is 0 Å². The Morgan fingerprint density at radius 3 is 2.32 bits per heavy atom. The van der Waals surface area contributed by atoms with Gasteiger partial charge < -0.3 is 24.6 Å². The summed E-state index contributed by atoms with van der Waals surface area (Å²) >= 11 is 1.68. The van der Waals surface area contributed by atoms with E-state index in [1.165, 1.54) is 4.88 Å². The van der Waals surface area contributed by atoms with Gasteiger partial charge in [-0.3, -0.25) is 4.79 Å². The Balaban J connectivity index is 1.75. The number of hydrogen-bond acceptors (Lipinski definition) is 5. The Morgan fingerprint density at radius 1 is 0.919 bits per heavy atom. The van der Waals surface area contributed by atoms with Gasteiger partial charge in [0.2, 0.25) is 5.91 Å². The topological polar surface area (TPSA) is 71.1 Å². The number of rotatable bonds is 12. The minimum absolute atomic E-state index is 0.0157. The van der Waals surface area contributed by atoms with Gasteiger partial charge in [0.15, 0.2) is 11.5 Å². The van der Waals surface area contributed by atoms with E-state index in [1.807, 2.05) is 61.2 Å². The lowest BCUT2D eigenvalue weighted by Gasteiger charge is -2.28. The number of carbonyl (C=O) groups is 2. The van der Waals surface area contributed by atoms with Crippen LogP contribution < -0.4 is 14.8 Å². The Morgan fingerprint density at radius 2 is 1.68 bits per heavy atom. The van der Waals surface area contributed by atoms with Crippen LogP contribution in [0.25, 0.3) is 0 Å². The first-order valence-corrected chi connectivity index (χ1v) is 13.3. The average molecular weight is 524 g/mol. The number of urea groups is 1. The molecule has 8 heteroatoms. The van der Waals surface area contributed by atoms with Crippen molar-refractivity contribution in [3.8, 4) is 11.5 Å². The molecule has 198 valence electrons. The molecule has 37 heavy (non-hydrogen) atoms. The molecule has 1 aromatic heterocycles. The maximum atomic E-state index is 13.6. The summed E-state index contributed by atoms with van der Waals surface area (Å²) in [4.78, 5) is 32.4. The number of carbonyl (C=O) groups excluding carboxylic acids is 2. The number of benzene rings is 2. The van der Waals surface area contributed by atoms with E-state index in [-0.39, 0.29) is 18.5 Å². The molecule has 0 aliphatic carbocycles. The summed E-state index contributed by atoms with van der Waals surface area (Å²) in [5.41, 5.74) is 2.77. The number of nitrogens with one attached hydrogen (secondary N) is 1. The highest BCUT2D eigenvalue weighted by atomic mass is 32.1. The number of thiophene rings is 1. The molecular weight excluding hydrogens is 486 g/mol. The zero-order valence-electron chi connectivity index (χ0n) is 22.4. The van der Waals surface area contributed by atoms with Crippen molar-refractivity contribution in [2.24, 2.45) is 0 Å². The molecule has 0 spiro atoms. The van der Waals surface area contributed by atoms with E-state index in [0.717, 1.165) is 28.1 Å². The summed E-state index contributed by atoms with van der Waals surface area (Å²) in [6.07, 6.45) is 1.41. The van der Waals surface area contributed by atoms with E-state index in [1.54, 1.807) is 30.5 Å². The van der Waals surface area contributed by atoms with E-state index in [9.17, 15) is 9.59 Å². The third-order valence-corrected chi connectivity index (χ3v) is 7.09. The molecule has 0 radical (unpaired) electrons. The molecular formula is C29H37N3O4S. The predicted octanol–water partition coefficient (Wildman–Crippen LogP) is 5.90. The molecule has 0 bridgehead atoms. The highest BCUT2D eigenvalue weighted by molar-refractivity contribution is 7.11. The van der Waals surface area contributed by atoms with Crippen LogP contribution in [-0.2, 0) is 17.8 Å². The molecule has 3 aromatic rings. The number of aryl methyl sites for hydroxylation is 2. The van der Waals surface area contributed by atoms with Crippen LogP contribution in [0.4, 0.5) is 10.5 Å². The van der Waals surface area contributed by atoms with Gasteiger partial charge in [-0.05, 0) is 68.1 Å². The summed E-state index contributed by atoms with van der Waals surface area (Å²) in [6.45, 7) is 7.54. The molecule has 0 atom stereocenters. The molecule has 0 unspecified atom stereocenters. The van der Waals surface area contributed by atoms with Crippen LogP contribution in [0.3, 0.4) is 0 Å². The van der Waals surface area contributed by atoms with Crippen molar-refractivity contribution in [1.29, 1.82) is 0 Å². The van der Waals surface area contributed by atoms with Gasteiger partial charge in [0.05, 0.1) is 20.8 Å². The Labute approximate surface area is 224 Å². The molecule has 3 amide bonds. The highest BCUT2D eigenvalue weighted by Crippen LogP contribution is 2.28. The minimum atomic E-state index is -0.267. The fourth-order valence-electron chi connectivity index (χ4n) is 4.04. The lowest BCUT2D eigenvalue weighted by molar-refractivity contribution is -0.132. The zero-order valence-corrected chi connectivity index (χ0v) is 23.2. The molecule has 0 fully saturated rings. The minimum Gasteiger partial charge on any atom is -0.493 e. The summed E-state index contributed by atoms with van der Waals surface area (Å²) in [5, 5.41) is 2.97. The maximum absolute atomic E-state index is 13.6. The number of ether oxygens (including phenoxy) is 2. The average Bonchev–Trinajstić information content (AvgIpc) is 3.31. The summed E-state index contributed by atoms with van der Waals surface area (Å²) in [7, 11) is 3.22. The zero-order chi connectivity index (χ0) is 26.8. The van der Waals surface area contributed by atoms with Crippen molar-refractivity contribution >= 4 is 29.0 Å². The van der Waals surface area contributed by atoms with Gasteiger partial charge in [-0.25, -0.2) is 4.79 Å². The van der Waals surface area contributed by atoms with Crippen LogP contribution >= 0.6 is 11.3 Å². The maximum Gasteiger partial charge on any atom is 0.322 e. The van der Waals surface area contributed by atoms with Gasteiger partial charge in [-0.2, -0.15) is 0 Å². The SMILES string of the molecule is CCCN(CC(=O)N(CCc1ccc(OC)c(OC)c1)Cc1ccc(C)s1)C(=O)Nc1ccccc1C. The van der Waals surface area contributed by atoms with Gasteiger partial charge in [0, 0.05) is 28.5 Å². The molecule has 3 rings (SSSR count). The predicted molar refractivity (Wildman–Crippen MR) is 150 cm³/mol. The number of anilines is 1. The smallest absolute Gasteiger partial charge is 0.322 e. The third kappa shape index (κ3) is 7.98. The van der Waals surface area contributed by atoms with Crippen molar-refractivity contribution in [3.63, 3.8) is 0 Å². The first-order chi connectivity index (χ1) is 17.8. The number of para-hydroxylation sites is 1. The normalized spacial score (nSPS) is 10.6. The lowest BCUT2D eigenvalue weighted by Crippen LogP contribution is -2.45. The first kappa shape index (κ1) is 28.1. The molecule has 0 saturated carbocycles. The first-order valence-electron chi connectivity index (χ1n) is 12.5. The Bertz CT molecular complexity index is 1190. The van der Waals surface area contributed by atoms with Crippen LogP contribution in [0.15, 0.2) is 54.6 Å². The van der Waals surface area contributed by atoms with Gasteiger partial charge >= 0.3 is 6.03 Å². The van der Waals surface area contributed by atoms with Crippen LogP contribution in [0.1, 0.15) is 34.2 Å². The van der Waals surface area contributed by atoms with Gasteiger partial charge in [0.1, 0.15) is 6.54 Å². The van der Waals surface area contributed by atoms with Crippen molar-refractivity contribution in [2.45, 2.75) is 40.2 Å². The standard InChI is InChI=1S/C29H37N3O4S/c1-6-16-32(29(34)30-25-10-8-7-9-21(25)2)20-28(33)31(19-24-13-11-22(3)37-24)17-15-23-12-14-26(35-4)27(18-23)36-5/h7-14,18H,6,15-17,19-20H2,1-5H3,(H,30,34). The molecule has 1 heterocycles. The molecule has 0 aliphatic heterocycles. The highest BCUT2D eigenvalue weighted by Gasteiger charge is 2.22. The van der Waals surface area contributed by atoms with E-state index in [2.05, 4.69) is 24.4 Å². The fraction of sp³-hybridized carbons (Fsp3) is 0.379. The number of methoxy groups -OCH3 is 2. The quantitative estimate of drug-likeness (QED) is 0.321. The summed E-state index contributed by atoms with van der Waals surface area (Å²) in [6, 6.07) is 17.3. The molecule has 0 saturated heterocycles. The second-order valence-corrected chi connectivity index (χ2v) is 10.3. The lowest BCUT2D eigenvalue weighted by atomic mass is 10.1. The van der Waals surface area contributed by atoms with Crippen molar-refractivity contribution in [1.82, 2.24) is 9.80 Å². The Hall–Kier alpha value is -3.52. The monoisotopic (exact) mass is 523 g/mol. The summed E-state index contributed by atoms with van der Waals surface area (Å²) < 4.78 is 10.8. The fourth-order valence-corrected chi connectivity index (χ4v) is 4.95. The second-order valence-electron chi connectivity index (χ2n) is 8.93. The molecule has 2 aromatic carbocycles. The molecule has 0 aliphatic rings. The largest absolute Gasteiger partial charge is 0.493 e. The van der Waals surface area contributed by atoms with Gasteiger partial charge in [-0.1, -0.05) is 31.2 Å². The van der Waals surface area contributed by atoms with Crippen LogP contribution in [-0.4, -0.2) is 55.6 Å².